The molecule has 4 atom stereocenters. The zero-order valence-electron chi connectivity index (χ0n) is 26.0. The Bertz CT molecular complexity index is 971. The summed E-state index contributed by atoms with van der Waals surface area (Å²) in [6, 6.07) is 0. The lowest BCUT2D eigenvalue weighted by atomic mass is 9.68. The highest BCUT2D eigenvalue weighted by Crippen LogP contribution is 2.46. The molecule has 4 unspecified atom stereocenters. The Morgan fingerprint density at radius 1 is 1.02 bits per heavy atom. The van der Waals surface area contributed by atoms with E-state index in [0.717, 1.165) is 115 Å². The van der Waals surface area contributed by atoms with Gasteiger partial charge in [-0.1, -0.05) is 23.8 Å². The van der Waals surface area contributed by atoms with Crippen LogP contribution in [0.1, 0.15) is 77.0 Å². The first-order valence-corrected chi connectivity index (χ1v) is 17.6. The predicted molar refractivity (Wildman–Crippen MR) is 167 cm³/mol. The fraction of sp³-hybridized carbons (Fsp3) is 0.853. The lowest BCUT2D eigenvalue weighted by Crippen LogP contribution is -2.51. The van der Waals surface area contributed by atoms with Crippen molar-refractivity contribution in [1.82, 2.24) is 15.1 Å². The van der Waals surface area contributed by atoms with Crippen molar-refractivity contribution in [2.24, 2.45) is 29.6 Å². The Balaban J connectivity index is 0.000000599. The molecule has 4 saturated carbocycles. The molecule has 3 aliphatic heterocycles. The van der Waals surface area contributed by atoms with Gasteiger partial charge in [-0.2, -0.15) is 0 Å². The van der Waals surface area contributed by atoms with Crippen LogP contribution in [0.4, 0.5) is 0 Å². The van der Waals surface area contributed by atoms with Crippen molar-refractivity contribution in [3.63, 3.8) is 0 Å². The fourth-order valence-corrected chi connectivity index (χ4v) is 8.56. The van der Waals surface area contributed by atoms with Gasteiger partial charge in [-0.3, -0.25) is 9.69 Å². The summed E-state index contributed by atoms with van der Waals surface area (Å²) in [4.78, 5) is 17.8. The summed E-state index contributed by atoms with van der Waals surface area (Å²) < 4.78 is 18.5. The van der Waals surface area contributed by atoms with E-state index in [0.29, 0.717) is 17.7 Å². The summed E-state index contributed by atoms with van der Waals surface area (Å²) in [5.74, 6) is 2.60. The smallest absolute Gasteiger partial charge is 0.225 e. The summed E-state index contributed by atoms with van der Waals surface area (Å²) in [6.07, 6.45) is 13.2. The van der Waals surface area contributed by atoms with Crippen LogP contribution in [-0.4, -0.2) is 97.9 Å². The molecule has 3 saturated heterocycles. The van der Waals surface area contributed by atoms with Gasteiger partial charge in [0.25, 0.3) is 0 Å². The van der Waals surface area contributed by atoms with Gasteiger partial charge in [0.15, 0.2) is 5.79 Å². The lowest BCUT2D eigenvalue weighted by Gasteiger charge is -2.44. The van der Waals surface area contributed by atoms with Gasteiger partial charge >= 0.3 is 0 Å². The molecule has 1 amide bonds. The summed E-state index contributed by atoms with van der Waals surface area (Å²) in [5.41, 5.74) is 4.10. The molecular weight excluding hydrogens is 566 g/mol. The van der Waals surface area contributed by atoms with Crippen LogP contribution in [0.15, 0.2) is 23.4 Å². The third kappa shape index (κ3) is 8.36. The van der Waals surface area contributed by atoms with Gasteiger partial charge in [0.2, 0.25) is 5.91 Å². The molecule has 0 radical (unpaired) electrons. The van der Waals surface area contributed by atoms with Gasteiger partial charge in [0.05, 0.1) is 32.0 Å². The second-order valence-electron chi connectivity index (χ2n) is 14.3. The molecule has 4 aliphatic carbocycles. The van der Waals surface area contributed by atoms with E-state index in [1.807, 2.05) is 0 Å². The highest BCUT2D eigenvalue weighted by molar-refractivity contribution is 6.25. The zero-order chi connectivity index (χ0) is 29.8. The van der Waals surface area contributed by atoms with Gasteiger partial charge < -0.3 is 29.5 Å². The van der Waals surface area contributed by atoms with E-state index in [1.165, 1.54) is 31.3 Å². The maximum atomic E-state index is 13.2. The van der Waals surface area contributed by atoms with E-state index in [2.05, 4.69) is 21.7 Å². The molecule has 7 rings (SSSR count). The first-order chi connectivity index (χ1) is 20.9. The fourth-order valence-electron chi connectivity index (χ4n) is 8.40. The van der Waals surface area contributed by atoms with Crippen LogP contribution in [-0.2, 0) is 19.0 Å². The number of piperazine rings is 1. The monoisotopic (exact) mass is 619 g/mol. The van der Waals surface area contributed by atoms with Gasteiger partial charge in [-0.15, -0.1) is 0 Å². The maximum Gasteiger partial charge on any atom is 0.225 e. The highest BCUT2D eigenvalue weighted by atomic mass is 35.5. The van der Waals surface area contributed by atoms with Gasteiger partial charge in [-0.25, -0.2) is 0 Å². The zero-order valence-corrected chi connectivity index (χ0v) is 26.8. The first kappa shape index (κ1) is 31.8. The standard InChI is InChI=1S/C31H50N2O5.C3H4ClN/c1-22-18-26(22)20-32-12-14-33(15-13-32)30(35)24-2-5-28(6-3-24)38-29-7-4-25(19-27(29)21-34)23-8-10-31(11-9-23)36-16-17-37-31;4-1-3-2-5-3/h23-29,34H,1-21H2;1,5H,2H2/b;3-1+. The molecule has 242 valence electrons. The number of nitrogens with zero attached hydrogens (tertiary/aromatic N) is 2. The van der Waals surface area contributed by atoms with Crippen LogP contribution < -0.4 is 5.32 Å². The third-order valence-corrected chi connectivity index (χ3v) is 11.7. The number of amides is 1. The Hall–Kier alpha value is -1.16. The number of halogens is 1. The normalized spacial score (nSPS) is 37.1. The van der Waals surface area contributed by atoms with Crippen molar-refractivity contribution in [1.29, 1.82) is 0 Å². The Kier molecular flexibility index (Phi) is 10.7. The highest BCUT2D eigenvalue weighted by Gasteiger charge is 2.44. The Morgan fingerprint density at radius 3 is 2.26 bits per heavy atom. The molecule has 0 aromatic carbocycles. The van der Waals surface area contributed by atoms with E-state index in [9.17, 15) is 9.90 Å². The summed E-state index contributed by atoms with van der Waals surface area (Å²) >= 11 is 5.17. The number of hydrogen-bond donors (Lipinski definition) is 2. The van der Waals surface area contributed by atoms with Crippen LogP contribution in [0.3, 0.4) is 0 Å². The number of rotatable bonds is 7. The molecule has 8 nitrogen and oxygen atoms in total. The van der Waals surface area contributed by atoms with Crippen LogP contribution in [0.5, 0.6) is 0 Å². The molecule has 0 aromatic rings. The average molecular weight is 620 g/mol. The number of hydrogen-bond acceptors (Lipinski definition) is 7. The molecule has 43 heavy (non-hydrogen) atoms. The molecular formula is C34H54ClN3O5. The number of nitrogens with one attached hydrogen (secondary N) is 1. The Morgan fingerprint density at radius 2 is 1.70 bits per heavy atom. The van der Waals surface area contributed by atoms with Crippen molar-refractivity contribution in [3.8, 4) is 0 Å². The quantitative estimate of drug-likeness (QED) is 0.316. The maximum absolute atomic E-state index is 13.2. The first-order valence-electron chi connectivity index (χ1n) is 17.2. The minimum Gasteiger partial charge on any atom is -0.396 e. The number of carbonyl (C=O) groups excluding carboxylic acids is 1. The van der Waals surface area contributed by atoms with Crippen LogP contribution in [0.2, 0.25) is 0 Å². The lowest BCUT2D eigenvalue weighted by molar-refractivity contribution is -0.187. The molecule has 2 N–H and O–H groups in total. The largest absolute Gasteiger partial charge is 0.396 e. The van der Waals surface area contributed by atoms with Gasteiger partial charge in [-0.05, 0) is 82.0 Å². The van der Waals surface area contributed by atoms with E-state index < -0.39 is 0 Å². The van der Waals surface area contributed by atoms with Gasteiger partial charge in [0.1, 0.15) is 0 Å². The van der Waals surface area contributed by atoms with E-state index in [-0.39, 0.29) is 36.4 Å². The van der Waals surface area contributed by atoms with Crippen LogP contribution >= 0.6 is 11.6 Å². The second kappa shape index (κ2) is 14.5. The van der Waals surface area contributed by atoms with Gasteiger partial charge in [0, 0.05) is 75.2 Å². The Labute approximate surface area is 263 Å². The van der Waals surface area contributed by atoms with Crippen molar-refractivity contribution >= 4 is 17.5 Å². The van der Waals surface area contributed by atoms with Crippen molar-refractivity contribution in [2.75, 3.05) is 59.1 Å². The number of carbonyl (C=O) groups is 1. The number of aliphatic hydroxyl groups is 1. The van der Waals surface area contributed by atoms with Crippen molar-refractivity contribution in [3.05, 3.63) is 23.4 Å². The number of ether oxygens (including phenoxy) is 3. The molecule has 0 bridgehead atoms. The summed E-state index contributed by atoms with van der Waals surface area (Å²) in [5, 5.41) is 13.2. The topological polar surface area (TPSA) is 93.4 Å². The SMILES string of the molecule is C=C1CC1CN1CCN(C(=O)C2CCC(OC3CCC(C4CCC5(CC4)OCCO5)CC3CO)CC2)CC1.Cl/C=C1\CN1. The van der Waals surface area contributed by atoms with E-state index >= 15 is 0 Å². The van der Waals surface area contributed by atoms with Crippen molar-refractivity contribution in [2.45, 2.75) is 95.0 Å². The third-order valence-electron chi connectivity index (χ3n) is 11.5. The second-order valence-corrected chi connectivity index (χ2v) is 14.5. The minimum atomic E-state index is -0.284. The molecule has 9 heteroatoms. The molecule has 1 spiro atoms. The average Bonchev–Trinajstić information content (AvgIpc) is 3.97. The van der Waals surface area contributed by atoms with Crippen LogP contribution in [0, 0.1) is 29.6 Å². The minimum absolute atomic E-state index is 0.163. The molecule has 0 aromatic heterocycles. The van der Waals surface area contributed by atoms with E-state index in [1.54, 1.807) is 5.54 Å². The number of aliphatic hydroxyl groups excluding tert-OH is 1. The van der Waals surface area contributed by atoms with E-state index in [4.69, 9.17) is 25.8 Å². The summed E-state index contributed by atoms with van der Waals surface area (Å²) in [7, 11) is 0. The van der Waals surface area contributed by atoms with Crippen molar-refractivity contribution < 1.29 is 24.1 Å². The van der Waals surface area contributed by atoms with Crippen LogP contribution in [0.25, 0.3) is 0 Å². The molecule has 3 heterocycles. The molecule has 7 aliphatic rings. The predicted octanol–water partition coefficient (Wildman–Crippen LogP) is 4.66. The molecule has 7 fully saturated rings. The summed E-state index contributed by atoms with van der Waals surface area (Å²) in [6.45, 7) is 11.7.